The number of carbonyl (C=O) groups is 1. The van der Waals surface area contributed by atoms with Gasteiger partial charge in [0, 0.05) is 23.8 Å². The molecule has 2 heterocycles. The van der Waals surface area contributed by atoms with Gasteiger partial charge in [0.2, 0.25) is 0 Å². The topological polar surface area (TPSA) is 46.5 Å². The largest absolute Gasteiger partial charge is 0.443 e. The molecule has 1 saturated heterocycles. The van der Waals surface area contributed by atoms with Crippen LogP contribution >= 0.6 is 0 Å². The zero-order valence-electron chi connectivity index (χ0n) is 20.7. The van der Waals surface area contributed by atoms with Gasteiger partial charge in [-0.25, -0.2) is 15.2 Å². The lowest BCUT2D eigenvalue weighted by molar-refractivity contribution is 0.00751. The van der Waals surface area contributed by atoms with E-state index in [0.717, 1.165) is 32.2 Å². The van der Waals surface area contributed by atoms with Crippen molar-refractivity contribution in [2.75, 3.05) is 0 Å². The minimum Gasteiger partial charge on any atom is -0.443 e. The highest BCUT2D eigenvalue weighted by Gasteiger charge is 2.47. The molecule has 5 heteroatoms. The van der Waals surface area contributed by atoms with E-state index in [4.69, 9.17) is 4.74 Å². The monoisotopic (exact) mass is 459 g/mol. The molecule has 5 rings (SSSR count). The second kappa shape index (κ2) is 9.10. The molecule has 1 amide bonds. The van der Waals surface area contributed by atoms with E-state index in [0.29, 0.717) is 0 Å². The Kier molecular flexibility index (Phi) is 6.15. The first kappa shape index (κ1) is 23.0. The summed E-state index contributed by atoms with van der Waals surface area (Å²) in [4.78, 5) is 13.1. The van der Waals surface area contributed by atoms with E-state index >= 15 is 0 Å². The summed E-state index contributed by atoms with van der Waals surface area (Å²) in [5, 5.41) is 3.05. The predicted molar refractivity (Wildman–Crippen MR) is 137 cm³/mol. The first-order chi connectivity index (χ1) is 16.3. The number of nitrogens with zero attached hydrogens (tertiary/aromatic N) is 2. The number of hydrogen-bond acceptors (Lipinski definition) is 3. The van der Waals surface area contributed by atoms with Crippen LogP contribution in [-0.2, 0) is 17.7 Å². The van der Waals surface area contributed by atoms with Crippen LogP contribution in [0.25, 0.3) is 10.9 Å². The van der Waals surface area contributed by atoms with Gasteiger partial charge >= 0.3 is 6.09 Å². The summed E-state index contributed by atoms with van der Waals surface area (Å²) in [5.74, 6) is 0. The molecule has 1 aromatic heterocycles. The molecule has 3 aromatic rings. The Morgan fingerprint density at radius 3 is 2.53 bits per heavy atom. The molecule has 0 radical (unpaired) electrons. The van der Waals surface area contributed by atoms with E-state index in [1.165, 1.54) is 41.3 Å². The molecule has 2 aromatic carbocycles. The third-order valence-corrected chi connectivity index (χ3v) is 7.25. The Morgan fingerprint density at radius 2 is 1.79 bits per heavy atom. The van der Waals surface area contributed by atoms with Gasteiger partial charge in [-0.1, -0.05) is 55.7 Å². The van der Waals surface area contributed by atoms with Crippen LogP contribution in [0.2, 0.25) is 0 Å². The minimum absolute atomic E-state index is 0.0307. The molecule has 2 fully saturated rings. The van der Waals surface area contributed by atoms with Gasteiger partial charge in [-0.3, -0.25) is 0 Å². The molecule has 1 aliphatic carbocycles. The highest BCUT2D eigenvalue weighted by Crippen LogP contribution is 2.39. The van der Waals surface area contributed by atoms with Crippen LogP contribution < -0.4 is 5.43 Å². The quantitative estimate of drug-likeness (QED) is 0.488. The summed E-state index contributed by atoms with van der Waals surface area (Å²) in [6, 6.07) is 19.6. The normalized spacial score (nSPS) is 20.2. The van der Waals surface area contributed by atoms with Gasteiger partial charge in [0.1, 0.15) is 5.60 Å². The predicted octanol–water partition coefficient (Wildman–Crippen LogP) is 6.45. The van der Waals surface area contributed by atoms with E-state index in [2.05, 4.69) is 70.8 Å². The number of fused-ring (bicyclic) bond motifs is 1. The Balaban J connectivity index is 1.36. The Morgan fingerprint density at radius 1 is 1.03 bits per heavy atom. The number of amides is 1. The third-order valence-electron chi connectivity index (χ3n) is 7.25. The van der Waals surface area contributed by atoms with E-state index in [-0.39, 0.29) is 17.7 Å². The molecule has 1 saturated carbocycles. The van der Waals surface area contributed by atoms with Crippen molar-refractivity contribution in [2.24, 2.45) is 0 Å². The average Bonchev–Trinajstić information content (AvgIpc) is 3.35. The van der Waals surface area contributed by atoms with Crippen LogP contribution in [0, 0.1) is 0 Å². The van der Waals surface area contributed by atoms with E-state index in [1.807, 2.05) is 20.8 Å². The second-order valence-electron chi connectivity index (χ2n) is 11.2. The van der Waals surface area contributed by atoms with Crippen LogP contribution in [0.15, 0.2) is 60.8 Å². The fraction of sp³-hybridized carbons (Fsp3) is 0.483. The van der Waals surface area contributed by atoms with Crippen molar-refractivity contribution < 1.29 is 9.53 Å². The molecule has 0 bridgehead atoms. The average molecular weight is 460 g/mol. The fourth-order valence-corrected chi connectivity index (χ4v) is 5.72. The van der Waals surface area contributed by atoms with Crippen LogP contribution in [0.5, 0.6) is 0 Å². The summed E-state index contributed by atoms with van der Waals surface area (Å²) < 4.78 is 8.08. The van der Waals surface area contributed by atoms with Crippen molar-refractivity contribution in [2.45, 2.75) is 89.4 Å². The van der Waals surface area contributed by atoms with Gasteiger partial charge in [-0.2, -0.15) is 0 Å². The van der Waals surface area contributed by atoms with Crippen molar-refractivity contribution in [3.63, 3.8) is 0 Å². The molecule has 5 nitrogen and oxygen atoms in total. The van der Waals surface area contributed by atoms with Crippen molar-refractivity contribution in [1.29, 1.82) is 0 Å². The maximum Gasteiger partial charge on any atom is 0.425 e. The summed E-state index contributed by atoms with van der Waals surface area (Å²) in [6.07, 6.45) is 9.72. The van der Waals surface area contributed by atoms with Gasteiger partial charge in [0.15, 0.2) is 0 Å². The van der Waals surface area contributed by atoms with Crippen LogP contribution in [0.3, 0.4) is 0 Å². The Labute approximate surface area is 203 Å². The van der Waals surface area contributed by atoms with E-state index in [1.54, 1.807) is 5.01 Å². The molecule has 1 aliphatic heterocycles. The second-order valence-corrected chi connectivity index (χ2v) is 11.2. The number of nitrogens with one attached hydrogen (secondary N) is 1. The van der Waals surface area contributed by atoms with Crippen LogP contribution in [-0.4, -0.2) is 32.9 Å². The molecular weight excluding hydrogens is 422 g/mol. The van der Waals surface area contributed by atoms with Gasteiger partial charge in [-0.05, 0) is 81.2 Å². The summed E-state index contributed by atoms with van der Waals surface area (Å²) >= 11 is 0. The molecule has 180 valence electrons. The fourth-order valence-electron chi connectivity index (χ4n) is 5.72. The SMILES string of the molecule is CC(C)(C)OC(=O)N1NC2(CCCCC2)C[C@@H]1Cc1ccc2c(ccn2Cc2ccccc2)c1. The molecule has 1 spiro atoms. The number of ether oxygens (including phenoxy) is 1. The van der Waals surface area contributed by atoms with Gasteiger partial charge in [0.25, 0.3) is 0 Å². The summed E-state index contributed by atoms with van der Waals surface area (Å²) in [6.45, 7) is 6.66. The zero-order valence-corrected chi connectivity index (χ0v) is 20.7. The lowest BCUT2D eigenvalue weighted by Gasteiger charge is -2.34. The highest BCUT2D eigenvalue weighted by molar-refractivity contribution is 5.81. The number of aromatic nitrogens is 1. The van der Waals surface area contributed by atoms with Gasteiger partial charge in [0.05, 0.1) is 6.04 Å². The maximum atomic E-state index is 13.1. The number of carbonyl (C=O) groups excluding carboxylic acids is 1. The molecule has 1 N–H and O–H groups in total. The van der Waals surface area contributed by atoms with Crippen molar-refractivity contribution >= 4 is 17.0 Å². The first-order valence-corrected chi connectivity index (χ1v) is 12.7. The number of hydrazine groups is 1. The highest BCUT2D eigenvalue weighted by atomic mass is 16.6. The Bertz CT molecular complexity index is 1140. The number of rotatable bonds is 4. The van der Waals surface area contributed by atoms with Crippen molar-refractivity contribution in [3.8, 4) is 0 Å². The number of hydrogen-bond donors (Lipinski definition) is 1. The maximum absolute atomic E-state index is 13.1. The first-order valence-electron chi connectivity index (χ1n) is 12.7. The van der Waals surface area contributed by atoms with E-state index < -0.39 is 5.60 Å². The smallest absolute Gasteiger partial charge is 0.425 e. The minimum atomic E-state index is -0.508. The molecule has 34 heavy (non-hydrogen) atoms. The van der Waals surface area contributed by atoms with Crippen LogP contribution in [0.1, 0.15) is 70.4 Å². The third kappa shape index (κ3) is 5.00. The lowest BCUT2D eigenvalue weighted by atomic mass is 9.78. The molecule has 2 aliphatic rings. The van der Waals surface area contributed by atoms with Crippen LogP contribution in [0.4, 0.5) is 4.79 Å². The van der Waals surface area contributed by atoms with Crippen molar-refractivity contribution in [1.82, 2.24) is 15.0 Å². The Hall–Kier alpha value is -2.79. The van der Waals surface area contributed by atoms with Gasteiger partial charge in [-0.15, -0.1) is 0 Å². The molecule has 1 atom stereocenters. The number of benzene rings is 2. The standard InChI is InChI=1S/C29H37N3O2/c1-28(2,3)34-27(33)32-25(20-29(30-32)15-8-5-9-16-29)19-23-12-13-26-24(18-23)14-17-31(26)21-22-10-6-4-7-11-22/h4,6-7,10-14,17-18,25,30H,5,8-9,15-16,19-21H2,1-3H3/t25-/m0/s1. The van der Waals surface area contributed by atoms with Gasteiger partial charge < -0.3 is 9.30 Å². The molecular formula is C29H37N3O2. The summed E-state index contributed by atoms with van der Waals surface area (Å²) in [7, 11) is 0. The lowest BCUT2D eigenvalue weighted by Crippen LogP contribution is -2.51. The van der Waals surface area contributed by atoms with E-state index in [9.17, 15) is 4.79 Å². The summed E-state index contributed by atoms with van der Waals surface area (Å²) in [5.41, 5.74) is 6.95. The zero-order chi connectivity index (χ0) is 23.8. The van der Waals surface area contributed by atoms with Crippen molar-refractivity contribution in [3.05, 3.63) is 71.9 Å². The molecule has 0 unspecified atom stereocenters.